The quantitative estimate of drug-likeness (QED) is 0.758. The van der Waals surface area contributed by atoms with Crippen LogP contribution in [0.5, 0.6) is 0 Å². The number of nitrogens with zero attached hydrogens (tertiary/aromatic N) is 2. The molecule has 0 atom stereocenters. The molecular formula is C11H17N3O2. The van der Waals surface area contributed by atoms with E-state index in [-0.39, 0.29) is 12.1 Å². The van der Waals surface area contributed by atoms with Gasteiger partial charge in [0.05, 0.1) is 13.2 Å². The second-order valence-electron chi connectivity index (χ2n) is 4.07. The molecule has 0 aliphatic carbocycles. The molecule has 0 spiro atoms. The van der Waals surface area contributed by atoms with Gasteiger partial charge in [0.2, 0.25) is 0 Å². The Hall–Kier alpha value is -1.04. The van der Waals surface area contributed by atoms with Gasteiger partial charge in [-0.1, -0.05) is 0 Å². The molecule has 0 bridgehead atoms. The lowest BCUT2D eigenvalue weighted by Crippen LogP contribution is -2.52. The van der Waals surface area contributed by atoms with Gasteiger partial charge in [-0.2, -0.15) is 0 Å². The van der Waals surface area contributed by atoms with E-state index < -0.39 is 0 Å². The highest BCUT2D eigenvalue weighted by atomic mass is 16.5. The summed E-state index contributed by atoms with van der Waals surface area (Å²) in [6.07, 6.45) is 5.10. The third kappa shape index (κ3) is 2.75. The van der Waals surface area contributed by atoms with Crippen LogP contribution in [0.2, 0.25) is 0 Å². The van der Waals surface area contributed by atoms with Crippen molar-refractivity contribution in [2.75, 3.05) is 19.8 Å². The van der Waals surface area contributed by atoms with E-state index in [4.69, 9.17) is 4.74 Å². The summed E-state index contributed by atoms with van der Waals surface area (Å²) in [6, 6.07) is 1.79. The zero-order valence-corrected chi connectivity index (χ0v) is 9.22. The van der Waals surface area contributed by atoms with Crippen molar-refractivity contribution < 1.29 is 9.84 Å². The molecule has 1 fully saturated rings. The molecule has 0 unspecified atom stereocenters. The molecule has 16 heavy (non-hydrogen) atoms. The van der Waals surface area contributed by atoms with Crippen molar-refractivity contribution in [2.24, 2.45) is 0 Å². The van der Waals surface area contributed by atoms with Crippen LogP contribution in [0.15, 0.2) is 18.5 Å². The lowest BCUT2D eigenvalue weighted by molar-refractivity contribution is 0.0109. The Kier molecular flexibility index (Phi) is 3.82. The summed E-state index contributed by atoms with van der Waals surface area (Å²) in [6.45, 7) is 2.11. The number of ether oxygens (including phenoxy) is 1. The van der Waals surface area contributed by atoms with Crippen LogP contribution in [0.25, 0.3) is 0 Å². The predicted molar refractivity (Wildman–Crippen MR) is 58.7 cm³/mol. The first-order valence-corrected chi connectivity index (χ1v) is 5.54. The maximum absolute atomic E-state index is 9.46. The topological polar surface area (TPSA) is 67.3 Å². The normalized spacial score (nSPS) is 19.6. The van der Waals surface area contributed by atoms with Crippen LogP contribution in [0, 0.1) is 0 Å². The van der Waals surface area contributed by atoms with E-state index in [1.807, 2.05) is 0 Å². The lowest BCUT2D eigenvalue weighted by atomic mass is 9.91. The van der Waals surface area contributed by atoms with Crippen molar-refractivity contribution in [1.82, 2.24) is 15.3 Å². The van der Waals surface area contributed by atoms with Gasteiger partial charge >= 0.3 is 0 Å². The van der Waals surface area contributed by atoms with Gasteiger partial charge in [0.1, 0.15) is 5.82 Å². The standard InChI is InChI=1S/C11H17N3O2/c15-9-11(2-6-16-7-3-11)14-8-10-12-4-1-5-13-10/h1,4-5,14-15H,2-3,6-9H2. The third-order valence-corrected chi connectivity index (χ3v) is 2.99. The number of nitrogens with one attached hydrogen (secondary N) is 1. The molecule has 5 nitrogen and oxygen atoms in total. The monoisotopic (exact) mass is 223 g/mol. The van der Waals surface area contributed by atoms with E-state index >= 15 is 0 Å². The van der Waals surface area contributed by atoms with Crippen molar-refractivity contribution in [3.63, 3.8) is 0 Å². The summed E-state index contributed by atoms with van der Waals surface area (Å²) in [5.41, 5.74) is -0.225. The van der Waals surface area contributed by atoms with Gasteiger partial charge in [-0.25, -0.2) is 9.97 Å². The number of hydrogen-bond donors (Lipinski definition) is 2. The van der Waals surface area contributed by atoms with E-state index in [0.717, 1.165) is 18.7 Å². The Bertz CT molecular complexity index is 312. The minimum absolute atomic E-state index is 0.128. The van der Waals surface area contributed by atoms with Gasteiger partial charge in [0.25, 0.3) is 0 Å². The Balaban J connectivity index is 1.92. The first-order valence-electron chi connectivity index (χ1n) is 5.54. The van der Waals surface area contributed by atoms with Gasteiger partial charge < -0.3 is 15.2 Å². The number of aromatic nitrogens is 2. The summed E-state index contributed by atoms with van der Waals surface area (Å²) < 4.78 is 5.30. The fourth-order valence-corrected chi connectivity index (χ4v) is 1.84. The largest absolute Gasteiger partial charge is 0.394 e. The zero-order valence-electron chi connectivity index (χ0n) is 9.22. The highest BCUT2D eigenvalue weighted by molar-refractivity contribution is 4.94. The maximum Gasteiger partial charge on any atom is 0.141 e. The molecule has 0 amide bonds. The fraction of sp³-hybridized carbons (Fsp3) is 0.636. The van der Waals surface area contributed by atoms with Gasteiger partial charge in [-0.05, 0) is 18.9 Å². The highest BCUT2D eigenvalue weighted by Gasteiger charge is 2.31. The second-order valence-corrected chi connectivity index (χ2v) is 4.07. The Morgan fingerprint density at radius 2 is 2.00 bits per heavy atom. The molecule has 0 aromatic carbocycles. The molecule has 0 saturated carbocycles. The average molecular weight is 223 g/mol. The molecule has 2 rings (SSSR count). The molecule has 1 aliphatic heterocycles. The number of aliphatic hydroxyl groups is 1. The molecule has 0 radical (unpaired) electrons. The molecule has 1 aliphatic rings. The van der Waals surface area contributed by atoms with Crippen molar-refractivity contribution in [3.05, 3.63) is 24.3 Å². The summed E-state index contributed by atoms with van der Waals surface area (Å²) in [5, 5.41) is 12.8. The smallest absolute Gasteiger partial charge is 0.141 e. The summed E-state index contributed by atoms with van der Waals surface area (Å²) in [5.74, 6) is 0.752. The van der Waals surface area contributed by atoms with Crippen LogP contribution in [-0.4, -0.2) is 40.4 Å². The number of hydrogen-bond acceptors (Lipinski definition) is 5. The van der Waals surface area contributed by atoms with Crippen molar-refractivity contribution >= 4 is 0 Å². The minimum atomic E-state index is -0.225. The molecule has 88 valence electrons. The van der Waals surface area contributed by atoms with Crippen LogP contribution in [0.1, 0.15) is 18.7 Å². The van der Waals surface area contributed by atoms with Crippen LogP contribution < -0.4 is 5.32 Å². The first-order chi connectivity index (χ1) is 7.85. The zero-order chi connectivity index (χ0) is 11.3. The van der Waals surface area contributed by atoms with E-state index in [2.05, 4.69) is 15.3 Å². The Morgan fingerprint density at radius 1 is 1.31 bits per heavy atom. The van der Waals surface area contributed by atoms with Crippen LogP contribution in [-0.2, 0) is 11.3 Å². The molecule has 2 N–H and O–H groups in total. The molecule has 5 heteroatoms. The fourth-order valence-electron chi connectivity index (χ4n) is 1.84. The summed E-state index contributed by atoms with van der Waals surface area (Å²) in [4.78, 5) is 8.28. The van der Waals surface area contributed by atoms with E-state index in [1.54, 1.807) is 18.5 Å². The van der Waals surface area contributed by atoms with Gasteiger partial charge in [-0.15, -0.1) is 0 Å². The second kappa shape index (κ2) is 5.34. The van der Waals surface area contributed by atoms with Crippen molar-refractivity contribution in [3.8, 4) is 0 Å². The van der Waals surface area contributed by atoms with Gasteiger partial charge in [0.15, 0.2) is 0 Å². The van der Waals surface area contributed by atoms with E-state index in [1.165, 1.54) is 0 Å². The number of aliphatic hydroxyl groups excluding tert-OH is 1. The third-order valence-electron chi connectivity index (χ3n) is 2.99. The molecule has 1 saturated heterocycles. The van der Waals surface area contributed by atoms with E-state index in [9.17, 15) is 5.11 Å². The molecule has 1 aromatic heterocycles. The Morgan fingerprint density at radius 3 is 2.62 bits per heavy atom. The van der Waals surface area contributed by atoms with Gasteiger partial charge in [0, 0.05) is 31.1 Å². The average Bonchev–Trinajstić information content (AvgIpc) is 2.39. The molecule has 2 heterocycles. The van der Waals surface area contributed by atoms with Crippen LogP contribution in [0.3, 0.4) is 0 Å². The minimum Gasteiger partial charge on any atom is -0.394 e. The number of rotatable bonds is 4. The SMILES string of the molecule is OCC1(NCc2ncccn2)CCOCC1. The lowest BCUT2D eigenvalue weighted by Gasteiger charge is -2.36. The maximum atomic E-state index is 9.46. The van der Waals surface area contributed by atoms with Crippen molar-refractivity contribution in [1.29, 1.82) is 0 Å². The predicted octanol–water partition coefficient (Wildman–Crippen LogP) is 0.108. The first kappa shape index (κ1) is 11.4. The highest BCUT2D eigenvalue weighted by Crippen LogP contribution is 2.20. The van der Waals surface area contributed by atoms with E-state index in [0.29, 0.717) is 19.8 Å². The molecule has 1 aromatic rings. The van der Waals surface area contributed by atoms with Crippen molar-refractivity contribution in [2.45, 2.75) is 24.9 Å². The van der Waals surface area contributed by atoms with Crippen LogP contribution in [0.4, 0.5) is 0 Å². The summed E-state index contributed by atoms with van der Waals surface area (Å²) in [7, 11) is 0. The van der Waals surface area contributed by atoms with Crippen LogP contribution >= 0.6 is 0 Å². The molecular weight excluding hydrogens is 206 g/mol. The van der Waals surface area contributed by atoms with Gasteiger partial charge in [-0.3, -0.25) is 0 Å². The summed E-state index contributed by atoms with van der Waals surface area (Å²) >= 11 is 0. The Labute approximate surface area is 94.9 Å².